The quantitative estimate of drug-likeness (QED) is 0.658. The zero-order valence-electron chi connectivity index (χ0n) is 17.3. The fourth-order valence-corrected chi connectivity index (χ4v) is 4.16. The Bertz CT molecular complexity index is 1150. The third kappa shape index (κ3) is 5.02. The average molecular weight is 445 g/mol. The average Bonchev–Trinajstić information content (AvgIpc) is 3.12. The number of nitrogens with zero attached hydrogens (tertiary/aromatic N) is 1. The summed E-state index contributed by atoms with van der Waals surface area (Å²) in [4.78, 5) is 37.5. The minimum Gasteiger partial charge on any atom is -0.449 e. The van der Waals surface area contributed by atoms with Crippen LogP contribution in [0.2, 0.25) is 0 Å². The van der Waals surface area contributed by atoms with Crippen molar-refractivity contribution in [1.29, 1.82) is 0 Å². The number of nitrogens with one attached hydrogen (secondary N) is 2. The number of carbonyl (C=O) groups excluding carboxylic acids is 3. The van der Waals surface area contributed by atoms with Gasteiger partial charge in [-0.2, -0.15) is 0 Å². The van der Waals surface area contributed by atoms with Crippen LogP contribution in [0.3, 0.4) is 0 Å². The van der Waals surface area contributed by atoms with Crippen LogP contribution in [0.25, 0.3) is 0 Å². The van der Waals surface area contributed by atoms with E-state index in [4.69, 9.17) is 4.74 Å². The van der Waals surface area contributed by atoms with Gasteiger partial charge in [-0.15, -0.1) is 0 Å². The standard InChI is InChI=1S/C21H23N3O6S/c1-13-5-4-6-16(11-13)23-31(28,29)17-8-7-14(2)18(12-17)20(26)30-15(3)19(25)24-10-9-22-21(24)27/h4-8,11-12,15,23H,9-10H2,1-3H3,(H,22,27). The highest BCUT2D eigenvalue weighted by Crippen LogP contribution is 2.21. The number of carbonyl (C=O) groups is 3. The van der Waals surface area contributed by atoms with Gasteiger partial charge < -0.3 is 10.1 Å². The van der Waals surface area contributed by atoms with Gasteiger partial charge >= 0.3 is 12.0 Å². The first-order chi connectivity index (χ1) is 14.6. The van der Waals surface area contributed by atoms with Crippen LogP contribution in [0.5, 0.6) is 0 Å². The number of benzene rings is 2. The second-order valence-corrected chi connectivity index (χ2v) is 8.90. The number of sulfonamides is 1. The normalized spacial score (nSPS) is 14.7. The van der Waals surface area contributed by atoms with Crippen LogP contribution >= 0.6 is 0 Å². The Morgan fingerprint density at radius 2 is 1.90 bits per heavy atom. The number of aryl methyl sites for hydroxylation is 2. The number of urea groups is 1. The van der Waals surface area contributed by atoms with Gasteiger partial charge in [0.25, 0.3) is 15.9 Å². The van der Waals surface area contributed by atoms with Crippen molar-refractivity contribution >= 4 is 33.6 Å². The summed E-state index contributed by atoms with van der Waals surface area (Å²) >= 11 is 0. The number of hydrogen-bond acceptors (Lipinski definition) is 6. The van der Waals surface area contributed by atoms with Gasteiger partial charge in [0.2, 0.25) is 0 Å². The van der Waals surface area contributed by atoms with Gasteiger partial charge in [-0.1, -0.05) is 18.2 Å². The van der Waals surface area contributed by atoms with Gasteiger partial charge in [-0.05, 0) is 56.2 Å². The fraction of sp³-hybridized carbons (Fsp3) is 0.286. The molecule has 1 atom stereocenters. The third-order valence-corrected chi connectivity index (χ3v) is 6.14. The Balaban J connectivity index is 1.79. The number of hydrogen-bond donors (Lipinski definition) is 2. The maximum absolute atomic E-state index is 12.8. The van der Waals surface area contributed by atoms with Gasteiger partial charge in [0.1, 0.15) is 0 Å². The number of rotatable bonds is 6. The molecule has 3 rings (SSSR count). The molecule has 2 N–H and O–H groups in total. The SMILES string of the molecule is Cc1cccc(NS(=O)(=O)c2ccc(C)c(C(=O)OC(C)C(=O)N3CCNC3=O)c2)c1. The maximum Gasteiger partial charge on any atom is 0.339 e. The van der Waals surface area contributed by atoms with Crippen LogP contribution in [-0.2, 0) is 19.6 Å². The molecule has 2 aromatic carbocycles. The summed E-state index contributed by atoms with van der Waals surface area (Å²) in [5, 5.41) is 2.50. The van der Waals surface area contributed by atoms with Gasteiger partial charge in [0.05, 0.1) is 10.5 Å². The van der Waals surface area contributed by atoms with E-state index in [-0.39, 0.29) is 17.0 Å². The third-order valence-electron chi connectivity index (χ3n) is 4.76. The molecule has 0 radical (unpaired) electrons. The molecule has 1 aliphatic heterocycles. The number of esters is 1. The first kappa shape index (κ1) is 22.3. The predicted molar refractivity (Wildman–Crippen MR) is 113 cm³/mol. The molecule has 0 bridgehead atoms. The van der Waals surface area contributed by atoms with Crippen LogP contribution in [0.15, 0.2) is 47.4 Å². The second-order valence-electron chi connectivity index (χ2n) is 7.22. The van der Waals surface area contributed by atoms with Crippen molar-refractivity contribution in [2.75, 3.05) is 17.8 Å². The van der Waals surface area contributed by atoms with E-state index in [1.54, 1.807) is 25.1 Å². The molecule has 0 spiro atoms. The largest absolute Gasteiger partial charge is 0.449 e. The van der Waals surface area contributed by atoms with E-state index in [9.17, 15) is 22.8 Å². The summed E-state index contributed by atoms with van der Waals surface area (Å²) in [5.74, 6) is -1.50. The monoisotopic (exact) mass is 445 g/mol. The lowest BCUT2D eigenvalue weighted by Gasteiger charge is -2.19. The first-order valence-electron chi connectivity index (χ1n) is 9.59. The van der Waals surface area contributed by atoms with Crippen molar-refractivity contribution in [1.82, 2.24) is 10.2 Å². The molecule has 1 unspecified atom stereocenters. The van der Waals surface area contributed by atoms with E-state index in [1.165, 1.54) is 25.1 Å². The molecule has 9 nitrogen and oxygen atoms in total. The molecule has 3 amide bonds. The summed E-state index contributed by atoms with van der Waals surface area (Å²) in [5.41, 5.74) is 1.78. The Morgan fingerprint density at radius 1 is 1.16 bits per heavy atom. The smallest absolute Gasteiger partial charge is 0.339 e. The Labute approximate surface area is 180 Å². The summed E-state index contributed by atoms with van der Waals surface area (Å²) in [7, 11) is -3.95. The zero-order chi connectivity index (χ0) is 22.8. The van der Waals surface area contributed by atoms with E-state index in [0.29, 0.717) is 17.8 Å². The Morgan fingerprint density at radius 3 is 2.55 bits per heavy atom. The van der Waals surface area contributed by atoms with E-state index in [0.717, 1.165) is 10.5 Å². The molecule has 0 aliphatic carbocycles. The van der Waals surface area contributed by atoms with Crippen molar-refractivity contribution < 1.29 is 27.5 Å². The zero-order valence-corrected chi connectivity index (χ0v) is 18.2. The first-order valence-corrected chi connectivity index (χ1v) is 11.1. The highest BCUT2D eigenvalue weighted by molar-refractivity contribution is 7.92. The molecule has 1 heterocycles. The number of imide groups is 1. The fourth-order valence-electron chi connectivity index (χ4n) is 3.09. The Hall–Kier alpha value is -3.40. The Kier molecular flexibility index (Phi) is 6.30. The van der Waals surface area contributed by atoms with Crippen LogP contribution in [0, 0.1) is 13.8 Å². The molecule has 164 valence electrons. The van der Waals surface area contributed by atoms with Crippen LogP contribution in [-0.4, -0.2) is 50.4 Å². The van der Waals surface area contributed by atoms with Crippen molar-refractivity contribution in [3.63, 3.8) is 0 Å². The molecule has 2 aromatic rings. The molecule has 31 heavy (non-hydrogen) atoms. The highest BCUT2D eigenvalue weighted by Gasteiger charge is 2.32. The molecule has 1 fully saturated rings. The molecule has 0 aromatic heterocycles. The minimum atomic E-state index is -3.95. The molecule has 10 heteroatoms. The van der Waals surface area contributed by atoms with Crippen molar-refractivity contribution in [2.24, 2.45) is 0 Å². The molecule has 0 saturated carbocycles. The van der Waals surface area contributed by atoms with Crippen LogP contribution in [0.4, 0.5) is 10.5 Å². The van der Waals surface area contributed by atoms with E-state index in [1.807, 2.05) is 13.0 Å². The number of anilines is 1. The number of amides is 3. The lowest BCUT2D eigenvalue weighted by atomic mass is 10.1. The summed E-state index contributed by atoms with van der Waals surface area (Å²) in [6.45, 7) is 5.35. The van der Waals surface area contributed by atoms with Gasteiger partial charge in [0, 0.05) is 18.8 Å². The van der Waals surface area contributed by atoms with Crippen LogP contribution in [0.1, 0.15) is 28.4 Å². The highest BCUT2D eigenvalue weighted by atomic mass is 32.2. The van der Waals surface area contributed by atoms with Gasteiger partial charge in [-0.25, -0.2) is 18.0 Å². The predicted octanol–water partition coefficient (Wildman–Crippen LogP) is 2.20. The van der Waals surface area contributed by atoms with E-state index in [2.05, 4.69) is 10.0 Å². The number of ether oxygens (including phenoxy) is 1. The molecular weight excluding hydrogens is 422 g/mol. The minimum absolute atomic E-state index is 0.0117. The topological polar surface area (TPSA) is 122 Å². The molecule has 1 aliphatic rings. The summed E-state index contributed by atoms with van der Waals surface area (Å²) in [6.07, 6.45) is -1.21. The van der Waals surface area contributed by atoms with Gasteiger partial charge in [-0.3, -0.25) is 14.4 Å². The second kappa shape index (κ2) is 8.76. The maximum atomic E-state index is 12.8. The van der Waals surface area contributed by atoms with Crippen molar-refractivity contribution in [2.45, 2.75) is 31.8 Å². The van der Waals surface area contributed by atoms with E-state index < -0.39 is 34.0 Å². The summed E-state index contributed by atoms with van der Waals surface area (Å²) < 4.78 is 33.2. The molecular formula is C21H23N3O6S. The van der Waals surface area contributed by atoms with Gasteiger partial charge in [0.15, 0.2) is 6.10 Å². The van der Waals surface area contributed by atoms with Crippen molar-refractivity contribution in [3.8, 4) is 0 Å². The van der Waals surface area contributed by atoms with E-state index >= 15 is 0 Å². The lowest BCUT2D eigenvalue weighted by Crippen LogP contribution is -2.41. The molecule has 1 saturated heterocycles. The lowest BCUT2D eigenvalue weighted by molar-refractivity contribution is -0.136. The van der Waals surface area contributed by atoms with Crippen LogP contribution < -0.4 is 10.0 Å². The summed E-state index contributed by atoms with van der Waals surface area (Å²) in [6, 6.07) is 10.4. The van der Waals surface area contributed by atoms with Crippen molar-refractivity contribution in [3.05, 3.63) is 59.2 Å².